The molecule has 2 heterocycles. The summed E-state index contributed by atoms with van der Waals surface area (Å²) in [6, 6.07) is 0. The predicted octanol–water partition coefficient (Wildman–Crippen LogP) is 1.96. The molecule has 2 aromatic rings. The number of hydrogen-bond donors (Lipinski definition) is 0. The summed E-state index contributed by atoms with van der Waals surface area (Å²) in [5.41, 5.74) is 2.10. The molecule has 0 spiro atoms. The molecule has 2 aromatic heterocycles. The fraction of sp³-hybridized carbons (Fsp3) is 0.300. The van der Waals surface area contributed by atoms with E-state index in [1.807, 2.05) is 10.5 Å². The Morgan fingerprint density at radius 1 is 1.60 bits per heavy atom. The Morgan fingerprint density at radius 3 is 3.20 bits per heavy atom. The molecule has 0 saturated heterocycles. The van der Waals surface area contributed by atoms with E-state index >= 15 is 0 Å². The van der Waals surface area contributed by atoms with Crippen LogP contribution in [0.25, 0.3) is 5.52 Å². The zero-order valence-electron chi connectivity index (χ0n) is 8.55. The Labute approximate surface area is 92.4 Å². The number of thioether (sulfide) groups is 1. The first kappa shape index (κ1) is 10.2. The maximum absolute atomic E-state index is 4.33. The maximum Gasteiger partial charge on any atom is 0.195 e. The summed E-state index contributed by atoms with van der Waals surface area (Å²) in [5, 5.41) is 8.92. The van der Waals surface area contributed by atoms with Gasteiger partial charge in [-0.1, -0.05) is 24.8 Å². The molecular formula is C10H12N4S. The van der Waals surface area contributed by atoms with E-state index in [1.165, 1.54) is 0 Å². The second-order valence-corrected chi connectivity index (χ2v) is 4.01. The fourth-order valence-corrected chi connectivity index (χ4v) is 2.03. The van der Waals surface area contributed by atoms with Gasteiger partial charge in [-0.05, 0) is 6.42 Å². The lowest BCUT2D eigenvalue weighted by Crippen LogP contribution is -1.96. The lowest BCUT2D eigenvalue weighted by Gasteiger charge is -2.00. The standard InChI is InChI=1S/C10H12N4S/c1-3-5-15-10-13-12-6-9-8(4-2)11-7-14(9)10/h3,6-7H,1,4-5H2,2H3. The van der Waals surface area contributed by atoms with Crippen molar-refractivity contribution in [1.82, 2.24) is 19.6 Å². The molecule has 15 heavy (non-hydrogen) atoms. The van der Waals surface area contributed by atoms with Crippen LogP contribution in [0.3, 0.4) is 0 Å². The van der Waals surface area contributed by atoms with Gasteiger partial charge in [0.2, 0.25) is 0 Å². The van der Waals surface area contributed by atoms with Gasteiger partial charge in [-0.3, -0.25) is 4.40 Å². The predicted molar refractivity (Wildman–Crippen MR) is 61.1 cm³/mol. The van der Waals surface area contributed by atoms with Crippen LogP contribution >= 0.6 is 11.8 Å². The highest BCUT2D eigenvalue weighted by Gasteiger charge is 2.07. The molecule has 0 aliphatic heterocycles. The van der Waals surface area contributed by atoms with Gasteiger partial charge < -0.3 is 0 Å². The summed E-state index contributed by atoms with van der Waals surface area (Å²) in [5.74, 6) is 0.827. The summed E-state index contributed by atoms with van der Waals surface area (Å²) in [7, 11) is 0. The summed E-state index contributed by atoms with van der Waals surface area (Å²) in [4.78, 5) is 4.33. The van der Waals surface area contributed by atoms with Crippen molar-refractivity contribution in [3.8, 4) is 0 Å². The van der Waals surface area contributed by atoms with E-state index in [0.29, 0.717) is 0 Å². The zero-order chi connectivity index (χ0) is 10.7. The molecule has 0 bridgehead atoms. The normalized spacial score (nSPS) is 10.7. The van der Waals surface area contributed by atoms with Crippen LogP contribution in [-0.2, 0) is 6.42 Å². The minimum absolute atomic E-state index is 0.827. The van der Waals surface area contributed by atoms with Gasteiger partial charge in [0.25, 0.3) is 0 Å². The SMILES string of the molecule is C=CCSc1nncc2c(CC)ncn12. The van der Waals surface area contributed by atoms with Crippen molar-refractivity contribution in [2.45, 2.75) is 18.5 Å². The maximum atomic E-state index is 4.33. The molecule has 78 valence electrons. The molecule has 0 aliphatic carbocycles. The number of aryl methyl sites for hydroxylation is 1. The topological polar surface area (TPSA) is 43.1 Å². The highest BCUT2D eigenvalue weighted by atomic mass is 32.2. The Kier molecular flexibility index (Phi) is 3.01. The van der Waals surface area contributed by atoms with Crippen molar-refractivity contribution in [2.24, 2.45) is 0 Å². The largest absolute Gasteiger partial charge is 0.275 e. The third kappa shape index (κ3) is 1.87. The monoisotopic (exact) mass is 220 g/mol. The van der Waals surface area contributed by atoms with E-state index in [1.54, 1.807) is 24.3 Å². The van der Waals surface area contributed by atoms with Gasteiger partial charge >= 0.3 is 0 Å². The van der Waals surface area contributed by atoms with Crippen LogP contribution in [0.5, 0.6) is 0 Å². The van der Waals surface area contributed by atoms with Crippen molar-refractivity contribution < 1.29 is 0 Å². The Hall–Kier alpha value is -1.36. The van der Waals surface area contributed by atoms with E-state index in [-0.39, 0.29) is 0 Å². The Balaban J connectivity index is 2.47. The van der Waals surface area contributed by atoms with Crippen LogP contribution in [0.1, 0.15) is 12.6 Å². The van der Waals surface area contributed by atoms with E-state index in [2.05, 4.69) is 28.7 Å². The van der Waals surface area contributed by atoms with Gasteiger partial charge in [0.1, 0.15) is 6.33 Å². The quantitative estimate of drug-likeness (QED) is 0.583. The molecule has 0 fully saturated rings. The molecule has 2 rings (SSSR count). The first-order valence-corrected chi connectivity index (χ1v) is 5.76. The van der Waals surface area contributed by atoms with Gasteiger partial charge in [0.05, 0.1) is 17.4 Å². The van der Waals surface area contributed by atoms with Crippen LogP contribution in [0.15, 0.2) is 30.3 Å². The molecule has 0 aliphatic rings. The number of aromatic nitrogens is 4. The molecule has 0 unspecified atom stereocenters. The first-order chi connectivity index (χ1) is 7.36. The third-order valence-electron chi connectivity index (χ3n) is 2.08. The lowest BCUT2D eigenvalue weighted by atomic mass is 10.3. The Morgan fingerprint density at radius 2 is 2.47 bits per heavy atom. The zero-order valence-corrected chi connectivity index (χ0v) is 9.37. The number of rotatable bonds is 4. The number of imidazole rings is 1. The van der Waals surface area contributed by atoms with Crippen molar-refractivity contribution in [2.75, 3.05) is 5.75 Å². The smallest absolute Gasteiger partial charge is 0.195 e. The van der Waals surface area contributed by atoms with Crippen molar-refractivity contribution in [3.05, 3.63) is 30.9 Å². The van der Waals surface area contributed by atoms with E-state index in [9.17, 15) is 0 Å². The number of hydrogen-bond acceptors (Lipinski definition) is 4. The van der Waals surface area contributed by atoms with Crippen molar-refractivity contribution in [1.29, 1.82) is 0 Å². The fourth-order valence-electron chi connectivity index (χ4n) is 1.37. The van der Waals surface area contributed by atoms with Crippen molar-refractivity contribution in [3.63, 3.8) is 0 Å². The van der Waals surface area contributed by atoms with Crippen LogP contribution in [0, 0.1) is 0 Å². The summed E-state index contributed by atoms with van der Waals surface area (Å²) < 4.78 is 1.97. The van der Waals surface area contributed by atoms with Gasteiger partial charge in [0, 0.05) is 5.75 Å². The Bertz CT molecular complexity index is 477. The molecule has 0 saturated carbocycles. The average Bonchev–Trinajstić information content (AvgIpc) is 2.69. The van der Waals surface area contributed by atoms with Gasteiger partial charge in [-0.25, -0.2) is 4.98 Å². The van der Waals surface area contributed by atoms with Gasteiger partial charge in [-0.2, -0.15) is 5.10 Å². The van der Waals surface area contributed by atoms with Gasteiger partial charge in [-0.15, -0.1) is 11.7 Å². The molecule has 0 amide bonds. The highest BCUT2D eigenvalue weighted by Crippen LogP contribution is 2.18. The molecule has 0 aromatic carbocycles. The second-order valence-electron chi connectivity index (χ2n) is 3.03. The van der Waals surface area contributed by atoms with E-state index in [4.69, 9.17) is 0 Å². The molecule has 0 atom stereocenters. The molecule has 0 N–H and O–H groups in total. The summed E-state index contributed by atoms with van der Waals surface area (Å²) in [6.45, 7) is 5.77. The molecular weight excluding hydrogens is 208 g/mol. The van der Waals surface area contributed by atoms with Crippen LogP contribution in [0.2, 0.25) is 0 Å². The third-order valence-corrected chi connectivity index (χ3v) is 3.02. The van der Waals surface area contributed by atoms with Gasteiger partial charge in [0.15, 0.2) is 5.16 Å². The number of fused-ring (bicyclic) bond motifs is 1. The van der Waals surface area contributed by atoms with E-state index < -0.39 is 0 Å². The average molecular weight is 220 g/mol. The number of nitrogens with zero attached hydrogens (tertiary/aromatic N) is 4. The lowest BCUT2D eigenvalue weighted by molar-refractivity contribution is 0.806. The van der Waals surface area contributed by atoms with Crippen LogP contribution in [0.4, 0.5) is 0 Å². The molecule has 4 nitrogen and oxygen atoms in total. The summed E-state index contributed by atoms with van der Waals surface area (Å²) in [6.07, 6.45) is 6.31. The highest BCUT2D eigenvalue weighted by molar-refractivity contribution is 7.99. The van der Waals surface area contributed by atoms with E-state index in [0.717, 1.165) is 28.5 Å². The minimum Gasteiger partial charge on any atom is -0.275 e. The van der Waals surface area contributed by atoms with Crippen molar-refractivity contribution >= 4 is 17.3 Å². The minimum atomic E-state index is 0.827. The second kappa shape index (κ2) is 4.44. The molecule has 5 heteroatoms. The van der Waals surface area contributed by atoms with Crippen LogP contribution < -0.4 is 0 Å². The van der Waals surface area contributed by atoms with Crippen LogP contribution in [-0.4, -0.2) is 25.3 Å². The summed E-state index contributed by atoms with van der Waals surface area (Å²) >= 11 is 1.61. The molecule has 0 radical (unpaired) electrons. The first-order valence-electron chi connectivity index (χ1n) is 4.78.